The summed E-state index contributed by atoms with van der Waals surface area (Å²) < 4.78 is 27.6. The Morgan fingerprint density at radius 2 is 1.81 bits per heavy atom. The Morgan fingerprint density at radius 1 is 1.05 bits per heavy atom. The maximum Gasteiger partial charge on any atom is 0.241 e. The van der Waals surface area contributed by atoms with Crippen LogP contribution in [0.25, 0.3) is 10.8 Å². The third kappa shape index (κ3) is 2.78. The number of nitrogens with one attached hydrogen (secondary N) is 1. The fourth-order valence-electron chi connectivity index (χ4n) is 2.18. The molecule has 6 heteroatoms. The third-order valence-corrected chi connectivity index (χ3v) is 5.45. The first-order valence-electron chi connectivity index (χ1n) is 6.36. The number of sulfonamides is 1. The standard InChI is InChI=1S/C15H14N2O2S2/c16-14-5-6-15(13-4-2-1-3-12(13)14)21(18,19)17-9-11-7-8-20-10-11/h1-8,10,17H,9,16H2. The van der Waals surface area contributed by atoms with Crippen molar-refractivity contribution in [3.05, 3.63) is 58.8 Å². The van der Waals surface area contributed by atoms with Crippen LogP contribution in [0, 0.1) is 0 Å². The normalized spacial score (nSPS) is 11.8. The second-order valence-electron chi connectivity index (χ2n) is 4.65. The summed E-state index contributed by atoms with van der Waals surface area (Å²) in [4.78, 5) is 0.252. The Balaban J connectivity index is 2.01. The minimum Gasteiger partial charge on any atom is -0.398 e. The SMILES string of the molecule is Nc1ccc(S(=O)(=O)NCc2ccsc2)c2ccccc12. The van der Waals surface area contributed by atoms with E-state index in [0.717, 1.165) is 10.9 Å². The number of fused-ring (bicyclic) bond motifs is 1. The molecule has 0 aliphatic carbocycles. The molecule has 21 heavy (non-hydrogen) atoms. The van der Waals surface area contributed by atoms with Crippen molar-refractivity contribution in [2.24, 2.45) is 0 Å². The second-order valence-corrected chi connectivity index (χ2v) is 7.17. The molecule has 0 bridgehead atoms. The van der Waals surface area contributed by atoms with Gasteiger partial charge >= 0.3 is 0 Å². The highest BCUT2D eigenvalue weighted by molar-refractivity contribution is 7.89. The fraction of sp³-hybridized carbons (Fsp3) is 0.0667. The van der Waals surface area contributed by atoms with Crippen LogP contribution in [0.4, 0.5) is 5.69 Å². The third-order valence-electron chi connectivity index (χ3n) is 3.25. The first-order chi connectivity index (χ1) is 10.1. The van der Waals surface area contributed by atoms with Crippen LogP contribution < -0.4 is 10.5 Å². The first kappa shape index (κ1) is 14.1. The molecule has 1 aromatic heterocycles. The lowest BCUT2D eigenvalue weighted by atomic mass is 10.1. The van der Waals surface area contributed by atoms with E-state index in [1.54, 1.807) is 24.3 Å². The molecule has 0 amide bonds. The van der Waals surface area contributed by atoms with Gasteiger partial charge in [0.15, 0.2) is 0 Å². The van der Waals surface area contributed by atoms with Crippen molar-refractivity contribution in [2.75, 3.05) is 5.73 Å². The molecule has 0 radical (unpaired) electrons. The van der Waals surface area contributed by atoms with Crippen LogP contribution >= 0.6 is 11.3 Å². The number of rotatable bonds is 4. The fourth-order valence-corrected chi connectivity index (χ4v) is 4.07. The van der Waals surface area contributed by atoms with E-state index in [-0.39, 0.29) is 11.4 Å². The van der Waals surface area contributed by atoms with Gasteiger partial charge < -0.3 is 5.73 Å². The van der Waals surface area contributed by atoms with Gasteiger partial charge in [0.2, 0.25) is 10.0 Å². The highest BCUT2D eigenvalue weighted by Crippen LogP contribution is 2.27. The average molecular weight is 318 g/mol. The van der Waals surface area contributed by atoms with E-state index >= 15 is 0 Å². The molecule has 0 unspecified atom stereocenters. The van der Waals surface area contributed by atoms with Crippen LogP contribution in [-0.4, -0.2) is 8.42 Å². The summed E-state index contributed by atoms with van der Waals surface area (Å²) in [5, 5.41) is 5.22. The van der Waals surface area contributed by atoms with Crippen molar-refractivity contribution >= 4 is 37.8 Å². The van der Waals surface area contributed by atoms with Gasteiger partial charge in [-0.15, -0.1) is 0 Å². The summed E-state index contributed by atoms with van der Waals surface area (Å²) in [6.07, 6.45) is 0. The van der Waals surface area contributed by atoms with Crippen LogP contribution in [0.2, 0.25) is 0 Å². The second kappa shape index (κ2) is 5.48. The molecule has 0 atom stereocenters. The number of nitrogen functional groups attached to an aromatic ring is 1. The number of benzene rings is 2. The molecule has 0 spiro atoms. The van der Waals surface area contributed by atoms with Crippen molar-refractivity contribution in [1.82, 2.24) is 4.72 Å². The molecule has 3 aromatic rings. The molecule has 0 aliphatic rings. The van der Waals surface area contributed by atoms with Gasteiger partial charge in [-0.1, -0.05) is 24.3 Å². The summed E-state index contributed by atoms with van der Waals surface area (Å²) in [5.41, 5.74) is 7.42. The van der Waals surface area contributed by atoms with Gasteiger partial charge in [-0.2, -0.15) is 11.3 Å². The van der Waals surface area contributed by atoms with Crippen molar-refractivity contribution < 1.29 is 8.42 Å². The first-order valence-corrected chi connectivity index (χ1v) is 8.78. The van der Waals surface area contributed by atoms with E-state index < -0.39 is 10.0 Å². The number of anilines is 1. The molecule has 1 heterocycles. The van der Waals surface area contributed by atoms with E-state index in [1.165, 1.54) is 11.3 Å². The van der Waals surface area contributed by atoms with Crippen LogP contribution in [0.15, 0.2) is 58.1 Å². The summed E-state index contributed by atoms with van der Waals surface area (Å²) >= 11 is 1.54. The quantitative estimate of drug-likeness (QED) is 0.726. The highest BCUT2D eigenvalue weighted by atomic mass is 32.2. The van der Waals surface area contributed by atoms with Crippen LogP contribution in [-0.2, 0) is 16.6 Å². The number of hydrogen-bond acceptors (Lipinski definition) is 4. The summed E-state index contributed by atoms with van der Waals surface area (Å²) in [6.45, 7) is 0.282. The van der Waals surface area contributed by atoms with Crippen LogP contribution in [0.1, 0.15) is 5.56 Å². The molecule has 0 fully saturated rings. The maximum absolute atomic E-state index is 12.5. The topological polar surface area (TPSA) is 72.2 Å². The van der Waals surface area contributed by atoms with E-state index in [2.05, 4.69) is 4.72 Å². The van der Waals surface area contributed by atoms with Gasteiger partial charge in [-0.25, -0.2) is 13.1 Å². The Bertz CT molecular complexity index is 872. The highest BCUT2D eigenvalue weighted by Gasteiger charge is 2.17. The van der Waals surface area contributed by atoms with Gasteiger partial charge in [0.05, 0.1) is 4.90 Å². The van der Waals surface area contributed by atoms with E-state index in [9.17, 15) is 8.42 Å². The lowest BCUT2D eigenvalue weighted by Gasteiger charge is -2.10. The molecule has 108 valence electrons. The predicted octanol–water partition coefficient (Wildman–Crippen LogP) is 2.96. The maximum atomic E-state index is 12.5. The molecular formula is C15H14N2O2S2. The molecule has 3 N–H and O–H groups in total. The van der Waals surface area contributed by atoms with E-state index in [4.69, 9.17) is 5.73 Å². The largest absolute Gasteiger partial charge is 0.398 e. The van der Waals surface area contributed by atoms with E-state index in [1.807, 2.05) is 29.0 Å². The molecule has 0 saturated heterocycles. The van der Waals surface area contributed by atoms with Gasteiger partial charge in [0.25, 0.3) is 0 Å². The zero-order chi connectivity index (χ0) is 14.9. The van der Waals surface area contributed by atoms with Crippen molar-refractivity contribution in [3.8, 4) is 0 Å². The van der Waals surface area contributed by atoms with Crippen LogP contribution in [0.5, 0.6) is 0 Å². The van der Waals surface area contributed by atoms with E-state index in [0.29, 0.717) is 11.1 Å². The van der Waals surface area contributed by atoms with Gasteiger partial charge in [0, 0.05) is 23.0 Å². The Kier molecular flexibility index (Phi) is 3.67. The van der Waals surface area contributed by atoms with Gasteiger partial charge in [-0.05, 0) is 34.5 Å². The van der Waals surface area contributed by atoms with Crippen molar-refractivity contribution in [2.45, 2.75) is 11.4 Å². The zero-order valence-corrected chi connectivity index (χ0v) is 12.7. The molecule has 3 rings (SSSR count). The number of nitrogens with two attached hydrogens (primary N) is 1. The Morgan fingerprint density at radius 3 is 2.52 bits per heavy atom. The molecule has 2 aromatic carbocycles. The van der Waals surface area contributed by atoms with Gasteiger partial charge in [-0.3, -0.25) is 0 Å². The van der Waals surface area contributed by atoms with Gasteiger partial charge in [0.1, 0.15) is 0 Å². The number of hydrogen-bond donors (Lipinski definition) is 2. The Hall–Kier alpha value is -1.89. The monoisotopic (exact) mass is 318 g/mol. The zero-order valence-electron chi connectivity index (χ0n) is 11.1. The summed E-state index contributed by atoms with van der Waals surface area (Å²) in [5.74, 6) is 0. The molecule has 0 saturated carbocycles. The lowest BCUT2D eigenvalue weighted by Crippen LogP contribution is -2.23. The molecule has 4 nitrogen and oxygen atoms in total. The molecular weight excluding hydrogens is 304 g/mol. The summed E-state index contributed by atoms with van der Waals surface area (Å²) in [6, 6.07) is 12.3. The minimum absolute atomic E-state index is 0.252. The van der Waals surface area contributed by atoms with Crippen molar-refractivity contribution in [1.29, 1.82) is 0 Å². The summed E-state index contributed by atoms with van der Waals surface area (Å²) in [7, 11) is -3.58. The molecule has 0 aliphatic heterocycles. The minimum atomic E-state index is -3.58. The number of thiophene rings is 1. The smallest absolute Gasteiger partial charge is 0.241 e. The van der Waals surface area contributed by atoms with Crippen LogP contribution in [0.3, 0.4) is 0 Å². The predicted molar refractivity (Wildman–Crippen MR) is 86.7 cm³/mol. The van der Waals surface area contributed by atoms with Crippen molar-refractivity contribution in [3.63, 3.8) is 0 Å². The lowest BCUT2D eigenvalue weighted by molar-refractivity contribution is 0.582. The average Bonchev–Trinajstić information content (AvgIpc) is 2.99. The Labute approximate surface area is 127 Å².